The van der Waals surface area contributed by atoms with Crippen LogP contribution in [0.15, 0.2) is 36.5 Å². The van der Waals surface area contributed by atoms with E-state index in [0.717, 1.165) is 12.3 Å². The molecular formula is C16H9ClF3N5O. The first kappa shape index (κ1) is 17.7. The standard InChI is InChI=1S/C16H9ClF3N5O/c17-11-3-10(15-13(6-21)23-25-24-15)4-12(5-11)26-8-9-1-2-14(22-7-9)16(18,19)20/h1-5,7H,8H2,(H,23,24,25). The summed E-state index contributed by atoms with van der Waals surface area (Å²) in [7, 11) is 0. The topological polar surface area (TPSA) is 87.5 Å². The molecule has 0 bridgehead atoms. The van der Waals surface area contributed by atoms with Crippen LogP contribution in [-0.4, -0.2) is 20.4 Å². The Morgan fingerprint density at radius 2 is 2.00 bits per heavy atom. The Bertz CT molecular complexity index is 963. The van der Waals surface area contributed by atoms with Crippen LogP contribution in [0.3, 0.4) is 0 Å². The predicted molar refractivity (Wildman–Crippen MR) is 85.1 cm³/mol. The molecule has 0 fully saturated rings. The molecule has 132 valence electrons. The lowest BCUT2D eigenvalue weighted by molar-refractivity contribution is -0.141. The molecule has 26 heavy (non-hydrogen) atoms. The van der Waals surface area contributed by atoms with Gasteiger partial charge < -0.3 is 4.74 Å². The van der Waals surface area contributed by atoms with Crippen molar-refractivity contribution in [2.75, 3.05) is 0 Å². The Labute approximate surface area is 150 Å². The molecule has 10 heteroatoms. The van der Waals surface area contributed by atoms with E-state index in [1.165, 1.54) is 12.1 Å². The van der Waals surface area contributed by atoms with Crippen molar-refractivity contribution in [2.24, 2.45) is 0 Å². The summed E-state index contributed by atoms with van der Waals surface area (Å²) in [5.41, 5.74) is 0.421. The number of rotatable bonds is 4. The van der Waals surface area contributed by atoms with E-state index in [2.05, 4.69) is 20.4 Å². The number of nitriles is 1. The number of benzene rings is 1. The van der Waals surface area contributed by atoms with Crippen LogP contribution in [0.5, 0.6) is 5.75 Å². The summed E-state index contributed by atoms with van der Waals surface area (Å²) in [4.78, 5) is 3.37. The second kappa shape index (κ2) is 7.01. The van der Waals surface area contributed by atoms with E-state index in [1.54, 1.807) is 12.1 Å². The van der Waals surface area contributed by atoms with Gasteiger partial charge in [0, 0.05) is 22.3 Å². The van der Waals surface area contributed by atoms with Gasteiger partial charge in [-0.2, -0.15) is 28.7 Å². The van der Waals surface area contributed by atoms with Crippen LogP contribution >= 0.6 is 11.6 Å². The molecule has 1 N–H and O–H groups in total. The largest absolute Gasteiger partial charge is 0.489 e. The second-order valence-corrected chi connectivity index (χ2v) is 5.58. The van der Waals surface area contributed by atoms with Gasteiger partial charge in [-0.05, 0) is 24.3 Å². The quantitative estimate of drug-likeness (QED) is 0.740. The summed E-state index contributed by atoms with van der Waals surface area (Å²) in [6.07, 6.45) is -3.39. The fourth-order valence-corrected chi connectivity index (χ4v) is 2.36. The van der Waals surface area contributed by atoms with Crippen LogP contribution in [0.25, 0.3) is 11.3 Å². The van der Waals surface area contributed by atoms with E-state index >= 15 is 0 Å². The Morgan fingerprint density at radius 1 is 1.19 bits per heavy atom. The molecule has 2 aromatic heterocycles. The molecule has 0 saturated heterocycles. The van der Waals surface area contributed by atoms with E-state index in [-0.39, 0.29) is 12.3 Å². The van der Waals surface area contributed by atoms with E-state index in [0.29, 0.717) is 27.6 Å². The lowest BCUT2D eigenvalue weighted by atomic mass is 10.1. The lowest BCUT2D eigenvalue weighted by Crippen LogP contribution is -2.08. The fraction of sp³-hybridized carbons (Fsp3) is 0.125. The first-order valence-electron chi connectivity index (χ1n) is 7.13. The van der Waals surface area contributed by atoms with Gasteiger partial charge in [0.15, 0.2) is 5.69 Å². The lowest BCUT2D eigenvalue weighted by Gasteiger charge is -2.10. The number of alkyl halides is 3. The average Bonchev–Trinajstić information content (AvgIpc) is 3.08. The van der Waals surface area contributed by atoms with Crippen molar-refractivity contribution < 1.29 is 17.9 Å². The highest BCUT2D eigenvalue weighted by molar-refractivity contribution is 6.31. The molecule has 0 radical (unpaired) electrons. The summed E-state index contributed by atoms with van der Waals surface area (Å²) in [5, 5.41) is 19.3. The smallest absolute Gasteiger partial charge is 0.433 e. The van der Waals surface area contributed by atoms with Gasteiger partial charge in [0.25, 0.3) is 0 Å². The predicted octanol–water partition coefficient (Wildman–Crippen LogP) is 3.99. The van der Waals surface area contributed by atoms with Gasteiger partial charge in [0.2, 0.25) is 0 Å². The minimum absolute atomic E-state index is 0.00512. The molecule has 6 nitrogen and oxygen atoms in total. The normalized spacial score (nSPS) is 11.2. The summed E-state index contributed by atoms with van der Waals surface area (Å²) < 4.78 is 43.1. The number of nitrogens with zero attached hydrogens (tertiary/aromatic N) is 4. The van der Waals surface area contributed by atoms with Gasteiger partial charge in [-0.3, -0.25) is 4.98 Å². The van der Waals surface area contributed by atoms with E-state index in [1.807, 2.05) is 6.07 Å². The van der Waals surface area contributed by atoms with Crippen molar-refractivity contribution >= 4 is 11.6 Å². The van der Waals surface area contributed by atoms with E-state index < -0.39 is 11.9 Å². The number of nitrogens with one attached hydrogen (secondary N) is 1. The number of hydrogen-bond acceptors (Lipinski definition) is 5. The second-order valence-electron chi connectivity index (χ2n) is 5.15. The molecule has 3 aromatic rings. The van der Waals surface area contributed by atoms with Crippen molar-refractivity contribution in [1.82, 2.24) is 20.4 Å². The van der Waals surface area contributed by atoms with Gasteiger partial charge in [-0.25, -0.2) is 0 Å². The van der Waals surface area contributed by atoms with Crippen molar-refractivity contribution in [3.05, 3.63) is 58.5 Å². The van der Waals surface area contributed by atoms with Crippen molar-refractivity contribution in [2.45, 2.75) is 12.8 Å². The maximum Gasteiger partial charge on any atom is 0.433 e. The van der Waals surface area contributed by atoms with E-state index in [9.17, 15) is 13.2 Å². The van der Waals surface area contributed by atoms with Crippen molar-refractivity contribution in [3.63, 3.8) is 0 Å². The fourth-order valence-electron chi connectivity index (χ4n) is 2.14. The molecule has 0 aliphatic carbocycles. The molecule has 0 aliphatic rings. The van der Waals surface area contributed by atoms with Crippen LogP contribution < -0.4 is 4.74 Å². The zero-order chi connectivity index (χ0) is 18.7. The van der Waals surface area contributed by atoms with Crippen molar-refractivity contribution in [3.8, 4) is 23.1 Å². The number of H-pyrrole nitrogens is 1. The Morgan fingerprint density at radius 3 is 2.65 bits per heavy atom. The van der Waals surface area contributed by atoms with Crippen LogP contribution in [0.1, 0.15) is 17.0 Å². The van der Waals surface area contributed by atoms with Crippen LogP contribution in [0.4, 0.5) is 13.2 Å². The van der Waals surface area contributed by atoms with Gasteiger partial charge >= 0.3 is 6.18 Å². The molecule has 0 spiro atoms. The number of aromatic amines is 1. The zero-order valence-electron chi connectivity index (χ0n) is 12.9. The molecule has 0 amide bonds. The van der Waals surface area contributed by atoms with E-state index in [4.69, 9.17) is 21.6 Å². The SMILES string of the molecule is N#Cc1n[nH]nc1-c1cc(Cl)cc(OCc2ccc(C(F)(F)F)nc2)c1. The molecule has 2 heterocycles. The van der Waals surface area contributed by atoms with Gasteiger partial charge in [-0.1, -0.05) is 17.7 Å². The number of pyridine rings is 1. The molecule has 0 saturated carbocycles. The minimum atomic E-state index is -4.49. The van der Waals surface area contributed by atoms with Gasteiger partial charge in [0.1, 0.15) is 29.8 Å². The monoisotopic (exact) mass is 379 g/mol. The molecular weight excluding hydrogens is 371 g/mol. The number of halogens is 4. The number of ether oxygens (including phenoxy) is 1. The summed E-state index contributed by atoms with van der Waals surface area (Å²) in [5.74, 6) is 0.360. The summed E-state index contributed by atoms with van der Waals surface area (Å²) in [6, 6.07) is 8.80. The summed E-state index contributed by atoms with van der Waals surface area (Å²) >= 11 is 6.06. The first-order valence-corrected chi connectivity index (χ1v) is 7.51. The van der Waals surface area contributed by atoms with Gasteiger partial charge in [-0.15, -0.1) is 5.10 Å². The highest BCUT2D eigenvalue weighted by atomic mass is 35.5. The minimum Gasteiger partial charge on any atom is -0.489 e. The Balaban J connectivity index is 1.78. The number of hydrogen-bond donors (Lipinski definition) is 1. The van der Waals surface area contributed by atoms with Crippen LogP contribution in [0, 0.1) is 11.3 Å². The molecule has 3 rings (SSSR count). The molecule has 0 unspecified atom stereocenters. The highest BCUT2D eigenvalue weighted by Gasteiger charge is 2.32. The first-order chi connectivity index (χ1) is 12.4. The third kappa shape index (κ3) is 3.92. The van der Waals surface area contributed by atoms with Crippen LogP contribution in [-0.2, 0) is 12.8 Å². The maximum absolute atomic E-state index is 12.5. The Hall–Kier alpha value is -3.12. The summed E-state index contributed by atoms with van der Waals surface area (Å²) in [6.45, 7) is -0.00512. The molecule has 0 atom stereocenters. The average molecular weight is 380 g/mol. The van der Waals surface area contributed by atoms with Gasteiger partial charge in [0.05, 0.1) is 0 Å². The van der Waals surface area contributed by atoms with Crippen LogP contribution in [0.2, 0.25) is 5.02 Å². The third-order valence-electron chi connectivity index (χ3n) is 3.32. The molecule has 1 aromatic carbocycles. The zero-order valence-corrected chi connectivity index (χ0v) is 13.6. The number of aromatic nitrogens is 4. The highest BCUT2D eigenvalue weighted by Crippen LogP contribution is 2.30. The molecule has 0 aliphatic heterocycles. The Kier molecular flexibility index (Phi) is 4.77. The van der Waals surface area contributed by atoms with Crippen molar-refractivity contribution in [1.29, 1.82) is 5.26 Å². The third-order valence-corrected chi connectivity index (χ3v) is 3.54. The maximum atomic E-state index is 12.5.